The fourth-order valence-electron chi connectivity index (χ4n) is 2.91. The quantitative estimate of drug-likeness (QED) is 0.639. The van der Waals surface area contributed by atoms with Gasteiger partial charge in [0.05, 0.1) is 16.2 Å². The third-order valence-electron chi connectivity index (χ3n) is 3.93. The fraction of sp³-hybridized carbons (Fsp3) is 0.333. The van der Waals surface area contributed by atoms with Crippen LogP contribution in [0.1, 0.15) is 31.2 Å². The molecule has 1 fully saturated rings. The lowest BCUT2D eigenvalue weighted by Crippen LogP contribution is -2.19. The van der Waals surface area contributed by atoms with Gasteiger partial charge in [-0.15, -0.1) is 0 Å². The Labute approximate surface area is 122 Å². The average molecular weight is 288 g/mol. The summed E-state index contributed by atoms with van der Waals surface area (Å²) in [5.41, 5.74) is 1.37. The van der Waals surface area contributed by atoms with Gasteiger partial charge in [-0.05, 0) is 36.6 Å². The Balaban J connectivity index is 2.04. The van der Waals surface area contributed by atoms with Gasteiger partial charge >= 0.3 is 0 Å². The summed E-state index contributed by atoms with van der Waals surface area (Å²) in [6.07, 6.45) is 9.17. The summed E-state index contributed by atoms with van der Waals surface area (Å²) in [4.78, 5) is 14.8. The van der Waals surface area contributed by atoms with Crippen LogP contribution in [0.15, 0.2) is 41.7 Å². The number of aliphatic imine (C=N–C) groups is 1. The van der Waals surface area contributed by atoms with Crippen LogP contribution in [0.3, 0.4) is 0 Å². The van der Waals surface area contributed by atoms with E-state index in [-0.39, 0.29) is 0 Å². The molecule has 1 aliphatic rings. The summed E-state index contributed by atoms with van der Waals surface area (Å²) in [5.74, 6) is 0. The summed E-state index contributed by atoms with van der Waals surface area (Å²) < 4.78 is 1.72. The first kappa shape index (κ1) is 13.1. The number of hydrogen-bond acceptors (Lipinski definition) is 3. The molecular formula is C15H14ClN3O. The molecule has 0 spiro atoms. The Morgan fingerprint density at radius 1 is 1.35 bits per heavy atom. The Bertz CT molecular complexity index is 654. The number of nitrogens with zero attached hydrogens (tertiary/aromatic N) is 3. The normalized spacial score (nSPS) is 16.9. The molecule has 0 radical (unpaired) electrons. The third kappa shape index (κ3) is 2.17. The van der Waals surface area contributed by atoms with Gasteiger partial charge in [0.15, 0.2) is 0 Å². The molecule has 0 amide bonds. The minimum absolute atomic E-state index is 0.436. The molecule has 0 saturated heterocycles. The van der Waals surface area contributed by atoms with Crippen molar-refractivity contribution in [2.75, 3.05) is 0 Å². The standard InChI is InChI=1S/C15H14ClN3O/c16-13-10-12(15(17-11-20)6-1-2-7-15)4-5-14(13)19-9-3-8-18-19/h3-5,8-10H,1-2,6-7H2. The number of aromatic nitrogens is 2. The lowest BCUT2D eigenvalue weighted by Gasteiger charge is -2.23. The Morgan fingerprint density at radius 3 is 2.75 bits per heavy atom. The Hall–Kier alpha value is -1.90. The van der Waals surface area contributed by atoms with Crippen molar-refractivity contribution >= 4 is 17.7 Å². The summed E-state index contributed by atoms with van der Waals surface area (Å²) in [6.45, 7) is 0. The highest BCUT2D eigenvalue weighted by Gasteiger charge is 2.36. The fourth-order valence-corrected chi connectivity index (χ4v) is 3.17. The predicted octanol–water partition coefficient (Wildman–Crippen LogP) is 3.63. The molecular weight excluding hydrogens is 274 g/mol. The Kier molecular flexibility index (Phi) is 3.43. The first-order valence-electron chi connectivity index (χ1n) is 6.64. The number of carbonyl (C=O) groups excluding carboxylic acids is 1. The van der Waals surface area contributed by atoms with Crippen LogP contribution in [0.2, 0.25) is 5.02 Å². The van der Waals surface area contributed by atoms with Gasteiger partial charge in [-0.3, -0.25) is 0 Å². The molecule has 1 aliphatic carbocycles. The van der Waals surface area contributed by atoms with Crippen LogP contribution in [0.5, 0.6) is 0 Å². The second kappa shape index (κ2) is 5.23. The molecule has 0 N–H and O–H groups in total. The maximum Gasteiger partial charge on any atom is 0.235 e. The van der Waals surface area contributed by atoms with Gasteiger partial charge in [0, 0.05) is 12.4 Å². The van der Waals surface area contributed by atoms with E-state index < -0.39 is 5.54 Å². The highest BCUT2D eigenvalue weighted by atomic mass is 35.5. The summed E-state index contributed by atoms with van der Waals surface area (Å²) in [6, 6.07) is 7.64. The van der Waals surface area contributed by atoms with E-state index in [1.165, 1.54) is 0 Å². The maximum absolute atomic E-state index is 10.7. The average Bonchev–Trinajstić information content (AvgIpc) is 3.10. The molecule has 0 unspecified atom stereocenters. The van der Waals surface area contributed by atoms with E-state index in [2.05, 4.69) is 10.1 Å². The molecule has 4 nitrogen and oxygen atoms in total. The highest BCUT2D eigenvalue weighted by Crippen LogP contribution is 2.43. The van der Waals surface area contributed by atoms with Crippen LogP contribution < -0.4 is 0 Å². The van der Waals surface area contributed by atoms with E-state index >= 15 is 0 Å². The molecule has 2 aromatic rings. The van der Waals surface area contributed by atoms with Gasteiger partial charge in [0.2, 0.25) is 6.08 Å². The molecule has 1 saturated carbocycles. The van der Waals surface area contributed by atoms with Crippen LogP contribution in [0, 0.1) is 0 Å². The minimum Gasteiger partial charge on any atom is -0.239 e. The molecule has 0 bridgehead atoms. The van der Waals surface area contributed by atoms with Gasteiger partial charge in [-0.1, -0.05) is 30.5 Å². The van der Waals surface area contributed by atoms with E-state index in [9.17, 15) is 4.79 Å². The second-order valence-electron chi connectivity index (χ2n) is 5.06. The second-order valence-corrected chi connectivity index (χ2v) is 5.47. The van der Waals surface area contributed by atoms with Crippen molar-refractivity contribution < 1.29 is 4.79 Å². The largest absolute Gasteiger partial charge is 0.239 e. The Morgan fingerprint density at radius 2 is 2.15 bits per heavy atom. The maximum atomic E-state index is 10.7. The zero-order valence-corrected chi connectivity index (χ0v) is 11.7. The lowest BCUT2D eigenvalue weighted by molar-refractivity contribution is 0.456. The molecule has 0 atom stereocenters. The molecule has 1 heterocycles. The van der Waals surface area contributed by atoms with Crippen LogP contribution >= 0.6 is 11.6 Å². The van der Waals surface area contributed by atoms with Crippen LogP contribution in [0.4, 0.5) is 0 Å². The van der Waals surface area contributed by atoms with E-state index in [1.54, 1.807) is 17.0 Å². The van der Waals surface area contributed by atoms with Crippen LogP contribution in [-0.2, 0) is 10.3 Å². The van der Waals surface area contributed by atoms with Crippen molar-refractivity contribution in [2.24, 2.45) is 4.99 Å². The smallest absolute Gasteiger partial charge is 0.235 e. The summed E-state index contributed by atoms with van der Waals surface area (Å²) in [5, 5.41) is 4.78. The number of rotatable bonds is 3. The van der Waals surface area contributed by atoms with Crippen LogP contribution in [-0.4, -0.2) is 15.9 Å². The van der Waals surface area contributed by atoms with Gasteiger partial charge in [0.25, 0.3) is 0 Å². The first-order chi connectivity index (χ1) is 9.75. The highest BCUT2D eigenvalue weighted by molar-refractivity contribution is 6.32. The number of benzene rings is 1. The SMILES string of the molecule is O=C=NC1(c2ccc(-n3cccn3)c(Cl)c2)CCCC1. The van der Waals surface area contributed by atoms with Gasteiger partial charge in [-0.2, -0.15) is 10.1 Å². The molecule has 102 valence electrons. The zero-order valence-electron chi connectivity index (χ0n) is 10.9. The first-order valence-corrected chi connectivity index (χ1v) is 7.02. The predicted molar refractivity (Wildman–Crippen MR) is 76.8 cm³/mol. The molecule has 0 aliphatic heterocycles. The summed E-state index contributed by atoms with van der Waals surface area (Å²) >= 11 is 6.36. The third-order valence-corrected chi connectivity index (χ3v) is 4.23. The van der Waals surface area contributed by atoms with Crippen molar-refractivity contribution in [1.29, 1.82) is 0 Å². The molecule has 1 aromatic carbocycles. The lowest BCUT2D eigenvalue weighted by atomic mass is 9.89. The van der Waals surface area contributed by atoms with Gasteiger partial charge < -0.3 is 0 Å². The van der Waals surface area contributed by atoms with Gasteiger partial charge in [0.1, 0.15) is 0 Å². The van der Waals surface area contributed by atoms with Crippen molar-refractivity contribution in [3.8, 4) is 5.69 Å². The van der Waals surface area contributed by atoms with Crippen molar-refractivity contribution in [2.45, 2.75) is 31.2 Å². The monoisotopic (exact) mass is 287 g/mol. The molecule has 5 heteroatoms. The van der Waals surface area contributed by atoms with E-state index in [1.807, 2.05) is 30.5 Å². The number of isocyanates is 1. The van der Waals surface area contributed by atoms with E-state index in [4.69, 9.17) is 11.6 Å². The van der Waals surface area contributed by atoms with Gasteiger partial charge in [-0.25, -0.2) is 9.48 Å². The molecule has 20 heavy (non-hydrogen) atoms. The molecule has 3 rings (SSSR count). The van der Waals surface area contributed by atoms with Crippen molar-refractivity contribution in [3.05, 3.63) is 47.2 Å². The molecule has 1 aromatic heterocycles. The van der Waals surface area contributed by atoms with E-state index in [0.29, 0.717) is 5.02 Å². The topological polar surface area (TPSA) is 47.2 Å². The van der Waals surface area contributed by atoms with Crippen molar-refractivity contribution in [1.82, 2.24) is 9.78 Å². The summed E-state index contributed by atoms with van der Waals surface area (Å²) in [7, 11) is 0. The van der Waals surface area contributed by atoms with Crippen LogP contribution in [0.25, 0.3) is 5.69 Å². The number of hydrogen-bond donors (Lipinski definition) is 0. The minimum atomic E-state index is -0.436. The van der Waals surface area contributed by atoms with Crippen molar-refractivity contribution in [3.63, 3.8) is 0 Å². The van der Waals surface area contributed by atoms with E-state index in [0.717, 1.165) is 36.9 Å². The number of halogens is 1. The zero-order chi connectivity index (χ0) is 14.0.